The fraction of sp³-hybridized carbons (Fsp3) is 0.167. The van der Waals surface area contributed by atoms with Crippen LogP contribution < -0.4 is 0 Å². The number of benzene rings is 1. The second-order valence-corrected chi connectivity index (χ2v) is 4.48. The molecular weight excluding hydrogens is 319 g/mol. The molecule has 0 amide bonds. The highest BCUT2D eigenvalue weighted by Gasteiger charge is 2.18. The van der Waals surface area contributed by atoms with Gasteiger partial charge in [0.05, 0.1) is 18.5 Å². The number of aromatic hydroxyl groups is 1. The summed E-state index contributed by atoms with van der Waals surface area (Å²) in [6.45, 7) is 1.84. The maximum absolute atomic E-state index is 13.0. The van der Waals surface area contributed by atoms with Gasteiger partial charge in [-0.1, -0.05) is 0 Å². The zero-order chi connectivity index (χ0) is 14.0. The second kappa shape index (κ2) is 5.40. The van der Waals surface area contributed by atoms with Crippen molar-refractivity contribution in [1.29, 1.82) is 0 Å². The van der Waals surface area contributed by atoms with Crippen LogP contribution in [-0.2, 0) is 4.74 Å². The average Bonchev–Trinajstić information content (AvgIpc) is 2.71. The second-order valence-electron chi connectivity index (χ2n) is 3.62. The summed E-state index contributed by atoms with van der Waals surface area (Å²) in [6, 6.07) is 3.99. The molecule has 5 nitrogen and oxygen atoms in total. The predicted molar refractivity (Wildman–Crippen MR) is 68.8 cm³/mol. The number of ether oxygens (including phenoxy) is 1. The Bertz CT molecular complexity index is 627. The van der Waals surface area contributed by atoms with Crippen molar-refractivity contribution in [2.75, 3.05) is 6.61 Å². The van der Waals surface area contributed by atoms with Crippen LogP contribution >= 0.6 is 15.9 Å². The largest absolute Gasteiger partial charge is 0.504 e. The number of hydrogen-bond acceptors (Lipinski definition) is 4. The Labute approximate surface area is 116 Å². The highest BCUT2D eigenvalue weighted by Crippen LogP contribution is 2.25. The minimum Gasteiger partial charge on any atom is -0.504 e. The topological polar surface area (TPSA) is 64.3 Å². The Morgan fingerprint density at radius 3 is 2.95 bits per heavy atom. The number of carbonyl (C=O) groups is 1. The monoisotopic (exact) mass is 328 g/mol. The van der Waals surface area contributed by atoms with E-state index in [1.807, 2.05) is 0 Å². The van der Waals surface area contributed by atoms with Crippen molar-refractivity contribution in [2.45, 2.75) is 6.92 Å². The number of halogens is 2. The average molecular weight is 329 g/mol. The molecule has 0 aliphatic carbocycles. The van der Waals surface area contributed by atoms with Gasteiger partial charge in [0.2, 0.25) is 5.69 Å². The van der Waals surface area contributed by atoms with Crippen molar-refractivity contribution in [2.24, 2.45) is 0 Å². The molecule has 19 heavy (non-hydrogen) atoms. The predicted octanol–water partition coefficient (Wildman–Crippen LogP) is 2.66. The van der Waals surface area contributed by atoms with Crippen molar-refractivity contribution in [3.63, 3.8) is 0 Å². The summed E-state index contributed by atoms with van der Waals surface area (Å²) >= 11 is 3.19. The van der Waals surface area contributed by atoms with Gasteiger partial charge < -0.3 is 9.84 Å². The fourth-order valence-corrected chi connectivity index (χ4v) is 2.03. The van der Waals surface area contributed by atoms with Crippen LogP contribution in [0.4, 0.5) is 4.39 Å². The van der Waals surface area contributed by atoms with Crippen LogP contribution in [0, 0.1) is 5.82 Å². The maximum atomic E-state index is 13.0. The van der Waals surface area contributed by atoms with Gasteiger partial charge in [0, 0.05) is 4.47 Å². The standard InChI is InChI=1S/C12H10BrFN2O3/c1-2-19-12(18)11-10(17)6-16(15-11)9-4-3-7(14)5-8(9)13/h3-6,17H,2H2,1H3. The highest BCUT2D eigenvalue weighted by atomic mass is 79.9. The van der Waals surface area contributed by atoms with Crippen LogP contribution in [0.2, 0.25) is 0 Å². The molecule has 0 aliphatic rings. The van der Waals surface area contributed by atoms with Gasteiger partial charge in [-0.15, -0.1) is 0 Å². The summed E-state index contributed by atoms with van der Waals surface area (Å²) in [6.07, 6.45) is 1.25. The van der Waals surface area contributed by atoms with E-state index in [1.165, 1.54) is 29.1 Å². The number of nitrogens with zero attached hydrogens (tertiary/aromatic N) is 2. The summed E-state index contributed by atoms with van der Waals surface area (Å²) in [5.74, 6) is -1.41. The lowest BCUT2D eigenvalue weighted by Gasteiger charge is -2.03. The van der Waals surface area contributed by atoms with Gasteiger partial charge in [-0.3, -0.25) is 0 Å². The van der Waals surface area contributed by atoms with Crippen molar-refractivity contribution in [3.8, 4) is 11.4 Å². The number of carbonyl (C=O) groups excluding carboxylic acids is 1. The Morgan fingerprint density at radius 1 is 1.58 bits per heavy atom. The van der Waals surface area contributed by atoms with E-state index >= 15 is 0 Å². The molecule has 1 aromatic heterocycles. The minimum atomic E-state index is -0.711. The molecule has 0 atom stereocenters. The van der Waals surface area contributed by atoms with E-state index in [1.54, 1.807) is 6.92 Å². The van der Waals surface area contributed by atoms with Crippen LogP contribution in [0.25, 0.3) is 5.69 Å². The Hall–Kier alpha value is -1.89. The fourth-order valence-electron chi connectivity index (χ4n) is 1.50. The Kier molecular flexibility index (Phi) is 3.84. The van der Waals surface area contributed by atoms with Gasteiger partial charge in [-0.2, -0.15) is 5.10 Å². The molecule has 0 unspecified atom stereocenters. The number of aromatic nitrogens is 2. The number of rotatable bonds is 3. The molecular formula is C12H10BrFN2O3. The van der Waals surface area contributed by atoms with E-state index in [0.29, 0.717) is 10.2 Å². The molecule has 0 radical (unpaired) electrons. The lowest BCUT2D eigenvalue weighted by atomic mass is 10.3. The number of hydrogen-bond donors (Lipinski definition) is 1. The smallest absolute Gasteiger partial charge is 0.362 e. The van der Waals surface area contributed by atoms with Crippen molar-refractivity contribution >= 4 is 21.9 Å². The maximum Gasteiger partial charge on any atom is 0.362 e. The van der Waals surface area contributed by atoms with Gasteiger partial charge >= 0.3 is 5.97 Å². The van der Waals surface area contributed by atoms with E-state index in [4.69, 9.17) is 4.74 Å². The quantitative estimate of drug-likeness (QED) is 0.880. The molecule has 0 bridgehead atoms. The molecule has 0 saturated carbocycles. The molecule has 2 rings (SSSR count). The third-order valence-electron chi connectivity index (χ3n) is 2.32. The van der Waals surface area contributed by atoms with E-state index in [9.17, 15) is 14.3 Å². The molecule has 100 valence electrons. The lowest BCUT2D eigenvalue weighted by molar-refractivity contribution is 0.0515. The van der Waals surface area contributed by atoms with E-state index in [0.717, 1.165) is 0 Å². The molecule has 1 heterocycles. The molecule has 2 aromatic rings. The molecule has 1 aromatic carbocycles. The molecule has 7 heteroatoms. The molecule has 1 N–H and O–H groups in total. The van der Waals surface area contributed by atoms with Crippen LogP contribution in [0.5, 0.6) is 5.75 Å². The molecule has 0 aliphatic heterocycles. The zero-order valence-corrected chi connectivity index (χ0v) is 11.5. The van der Waals surface area contributed by atoms with Crippen LogP contribution in [0.3, 0.4) is 0 Å². The third kappa shape index (κ3) is 2.76. The first-order valence-electron chi connectivity index (χ1n) is 5.44. The summed E-state index contributed by atoms with van der Waals surface area (Å²) in [4.78, 5) is 11.5. The molecule has 0 spiro atoms. The minimum absolute atomic E-state index is 0.182. The summed E-state index contributed by atoms with van der Waals surface area (Å²) in [5, 5.41) is 13.6. The summed E-state index contributed by atoms with van der Waals surface area (Å²) < 4.78 is 19.5. The van der Waals surface area contributed by atoms with Gasteiger partial charge in [-0.25, -0.2) is 13.9 Å². The summed E-state index contributed by atoms with van der Waals surface area (Å²) in [5.41, 5.74) is 0.310. The molecule has 0 fully saturated rings. The first-order valence-corrected chi connectivity index (χ1v) is 6.23. The van der Waals surface area contributed by atoms with Crippen molar-refractivity contribution in [1.82, 2.24) is 9.78 Å². The first kappa shape index (κ1) is 13.5. The lowest BCUT2D eigenvalue weighted by Crippen LogP contribution is -2.07. The van der Waals surface area contributed by atoms with Gasteiger partial charge in [0.25, 0.3) is 0 Å². The van der Waals surface area contributed by atoms with Crippen molar-refractivity contribution < 1.29 is 19.0 Å². The zero-order valence-electron chi connectivity index (χ0n) is 9.93. The van der Waals surface area contributed by atoms with E-state index in [-0.39, 0.29) is 18.1 Å². The van der Waals surface area contributed by atoms with E-state index in [2.05, 4.69) is 21.0 Å². The van der Waals surface area contributed by atoms with Gasteiger partial charge in [0.1, 0.15) is 5.82 Å². The normalized spacial score (nSPS) is 10.5. The third-order valence-corrected chi connectivity index (χ3v) is 2.96. The number of esters is 1. The van der Waals surface area contributed by atoms with Crippen LogP contribution in [-0.4, -0.2) is 27.5 Å². The van der Waals surface area contributed by atoms with Crippen LogP contribution in [0.15, 0.2) is 28.9 Å². The van der Waals surface area contributed by atoms with Gasteiger partial charge in [-0.05, 0) is 41.1 Å². The van der Waals surface area contributed by atoms with Gasteiger partial charge in [0.15, 0.2) is 5.75 Å². The molecule has 0 saturated heterocycles. The highest BCUT2D eigenvalue weighted by molar-refractivity contribution is 9.10. The van der Waals surface area contributed by atoms with E-state index < -0.39 is 11.8 Å². The van der Waals surface area contributed by atoms with Crippen LogP contribution in [0.1, 0.15) is 17.4 Å². The first-order chi connectivity index (χ1) is 9.02. The van der Waals surface area contributed by atoms with Crippen molar-refractivity contribution in [3.05, 3.63) is 40.4 Å². The SMILES string of the molecule is CCOC(=O)c1nn(-c2ccc(F)cc2Br)cc1O. The summed E-state index contributed by atoms with van der Waals surface area (Å²) in [7, 11) is 0. The Balaban J connectivity index is 2.42. The Morgan fingerprint density at radius 2 is 2.32 bits per heavy atom.